The summed E-state index contributed by atoms with van der Waals surface area (Å²) in [6.07, 6.45) is 0. The lowest BCUT2D eigenvalue weighted by molar-refractivity contribution is -0.384. The van der Waals surface area contributed by atoms with Crippen LogP contribution in [0.1, 0.15) is 5.69 Å². The van der Waals surface area contributed by atoms with Gasteiger partial charge in [0.1, 0.15) is 10.0 Å². The maximum Gasteiger partial charge on any atom is 0.269 e. The minimum atomic E-state index is -3.72. The Balaban J connectivity index is 1.74. The summed E-state index contributed by atoms with van der Waals surface area (Å²) in [4.78, 5) is 12.3. The molecule has 1 saturated heterocycles. The molecule has 1 fully saturated rings. The van der Waals surface area contributed by atoms with Crippen molar-refractivity contribution in [1.82, 2.24) is 14.1 Å². The fraction of sp³-hybridized carbons (Fsp3) is 0.400. The highest BCUT2D eigenvalue weighted by Gasteiger charge is 2.33. The Bertz CT molecular complexity index is 934. The molecule has 26 heavy (non-hydrogen) atoms. The second-order valence-corrected chi connectivity index (χ2v) is 8.23. The number of non-ortho nitro benzene ring substituents is 1. The first-order valence-corrected chi connectivity index (χ1v) is 9.72. The van der Waals surface area contributed by atoms with E-state index in [1.165, 1.54) is 21.1 Å². The maximum atomic E-state index is 12.9. The number of hydrogen-bond donors (Lipinski definition) is 0. The molecule has 0 N–H and O–H groups in total. The molecule has 0 amide bonds. The van der Waals surface area contributed by atoms with Crippen LogP contribution in [0.3, 0.4) is 0 Å². The summed E-state index contributed by atoms with van der Waals surface area (Å²) in [6, 6.07) is 6.23. The van der Waals surface area contributed by atoms with Crippen molar-refractivity contribution < 1.29 is 13.3 Å². The summed E-state index contributed by atoms with van der Waals surface area (Å²) in [5.74, 6) is 0. The number of nitro benzene ring substituents is 1. The van der Waals surface area contributed by atoms with Crippen LogP contribution >= 0.6 is 11.6 Å². The first kappa shape index (κ1) is 18.6. The molecule has 11 heteroatoms. The van der Waals surface area contributed by atoms with Crippen LogP contribution in [-0.2, 0) is 17.1 Å². The SMILES string of the molecule is Cc1nn(C)c(Cl)c1S(=O)(=O)N1CCN(c2ccc([N+](=O)[O-])cc2)CC1. The van der Waals surface area contributed by atoms with E-state index in [1.54, 1.807) is 26.1 Å². The van der Waals surface area contributed by atoms with E-state index in [9.17, 15) is 18.5 Å². The Morgan fingerprint density at radius 2 is 1.73 bits per heavy atom. The molecule has 1 aromatic carbocycles. The summed E-state index contributed by atoms with van der Waals surface area (Å²) in [7, 11) is -2.13. The second-order valence-electron chi connectivity index (χ2n) is 5.99. The molecule has 0 aliphatic carbocycles. The third-order valence-corrected chi connectivity index (χ3v) is 6.96. The molecule has 0 atom stereocenters. The second kappa shape index (κ2) is 6.86. The van der Waals surface area contributed by atoms with Gasteiger partial charge in [0, 0.05) is 51.0 Å². The van der Waals surface area contributed by atoms with E-state index >= 15 is 0 Å². The van der Waals surface area contributed by atoms with E-state index in [1.807, 2.05) is 4.90 Å². The molecule has 0 unspecified atom stereocenters. The quantitative estimate of drug-likeness (QED) is 0.573. The predicted molar refractivity (Wildman–Crippen MR) is 97.0 cm³/mol. The van der Waals surface area contributed by atoms with E-state index < -0.39 is 14.9 Å². The van der Waals surface area contributed by atoms with Gasteiger partial charge in [-0.05, 0) is 19.1 Å². The largest absolute Gasteiger partial charge is 0.369 e. The Labute approximate surface area is 156 Å². The monoisotopic (exact) mass is 399 g/mol. The molecular formula is C15H18ClN5O4S. The lowest BCUT2D eigenvalue weighted by Gasteiger charge is -2.35. The predicted octanol–water partition coefficient (Wildman–Crippen LogP) is 1.80. The van der Waals surface area contributed by atoms with Crippen LogP contribution in [0.25, 0.3) is 0 Å². The van der Waals surface area contributed by atoms with Gasteiger partial charge in [-0.25, -0.2) is 8.42 Å². The summed E-state index contributed by atoms with van der Waals surface area (Å²) in [6.45, 7) is 3.17. The Hall–Kier alpha value is -2.17. The lowest BCUT2D eigenvalue weighted by atomic mass is 10.2. The molecule has 0 spiro atoms. The van der Waals surface area contributed by atoms with Crippen molar-refractivity contribution in [2.75, 3.05) is 31.1 Å². The van der Waals surface area contributed by atoms with E-state index in [2.05, 4.69) is 5.10 Å². The van der Waals surface area contributed by atoms with Gasteiger partial charge in [-0.2, -0.15) is 9.40 Å². The summed E-state index contributed by atoms with van der Waals surface area (Å²) in [5.41, 5.74) is 1.22. The standard InChI is InChI=1S/C15H18ClN5O4S/c1-11-14(15(16)18(2)17-11)26(24,25)20-9-7-19(8-10-20)12-3-5-13(6-4-12)21(22)23/h3-6H,7-10H2,1-2H3. The van der Waals surface area contributed by atoms with Crippen LogP contribution in [-0.4, -0.2) is 53.6 Å². The Morgan fingerprint density at radius 1 is 1.15 bits per heavy atom. The van der Waals surface area contributed by atoms with Crippen LogP contribution in [0.5, 0.6) is 0 Å². The lowest BCUT2D eigenvalue weighted by Crippen LogP contribution is -2.48. The third-order valence-electron chi connectivity index (χ3n) is 4.36. The number of piperazine rings is 1. The van der Waals surface area contributed by atoms with E-state index in [4.69, 9.17) is 11.6 Å². The smallest absolute Gasteiger partial charge is 0.269 e. The van der Waals surface area contributed by atoms with Gasteiger partial charge in [0.15, 0.2) is 0 Å². The number of sulfonamides is 1. The number of nitro groups is 1. The number of anilines is 1. The maximum absolute atomic E-state index is 12.9. The summed E-state index contributed by atoms with van der Waals surface area (Å²) >= 11 is 6.11. The third kappa shape index (κ3) is 3.27. The van der Waals surface area contributed by atoms with Crippen molar-refractivity contribution in [2.24, 2.45) is 7.05 Å². The van der Waals surface area contributed by atoms with Crippen molar-refractivity contribution in [3.05, 3.63) is 45.2 Å². The first-order chi connectivity index (χ1) is 12.2. The highest BCUT2D eigenvalue weighted by molar-refractivity contribution is 7.89. The van der Waals surface area contributed by atoms with E-state index in [0.717, 1.165) is 5.69 Å². The molecule has 2 heterocycles. The zero-order valence-electron chi connectivity index (χ0n) is 14.3. The molecule has 0 radical (unpaired) electrons. The van der Waals surface area contributed by atoms with Crippen molar-refractivity contribution in [3.63, 3.8) is 0 Å². The van der Waals surface area contributed by atoms with Crippen molar-refractivity contribution in [1.29, 1.82) is 0 Å². The van der Waals surface area contributed by atoms with Crippen molar-refractivity contribution in [2.45, 2.75) is 11.8 Å². The van der Waals surface area contributed by atoms with Crippen molar-refractivity contribution >= 4 is 33.0 Å². The van der Waals surface area contributed by atoms with Crippen LogP contribution < -0.4 is 4.90 Å². The Kier molecular flexibility index (Phi) is 4.91. The molecule has 9 nitrogen and oxygen atoms in total. The highest BCUT2D eigenvalue weighted by atomic mass is 35.5. The van der Waals surface area contributed by atoms with Gasteiger partial charge in [0.05, 0.1) is 10.6 Å². The Morgan fingerprint density at radius 3 is 2.19 bits per heavy atom. The van der Waals surface area contributed by atoms with Gasteiger partial charge in [-0.1, -0.05) is 11.6 Å². The minimum absolute atomic E-state index is 0.0247. The minimum Gasteiger partial charge on any atom is -0.369 e. The zero-order chi connectivity index (χ0) is 19.1. The van der Waals surface area contributed by atoms with Crippen LogP contribution in [0.4, 0.5) is 11.4 Å². The van der Waals surface area contributed by atoms with Gasteiger partial charge in [-0.3, -0.25) is 14.8 Å². The molecule has 2 aromatic rings. The fourth-order valence-electron chi connectivity index (χ4n) is 3.00. The number of hydrogen-bond acceptors (Lipinski definition) is 6. The van der Waals surface area contributed by atoms with Gasteiger partial charge >= 0.3 is 0 Å². The fourth-order valence-corrected chi connectivity index (χ4v) is 5.13. The van der Waals surface area contributed by atoms with Gasteiger partial charge in [0.25, 0.3) is 5.69 Å². The van der Waals surface area contributed by atoms with Gasteiger partial charge in [-0.15, -0.1) is 0 Å². The molecule has 140 valence electrons. The first-order valence-electron chi connectivity index (χ1n) is 7.90. The molecule has 0 bridgehead atoms. The van der Waals surface area contributed by atoms with E-state index in [-0.39, 0.29) is 15.7 Å². The van der Waals surface area contributed by atoms with Gasteiger partial charge in [0.2, 0.25) is 10.0 Å². The molecule has 1 aliphatic rings. The zero-order valence-corrected chi connectivity index (χ0v) is 15.9. The number of halogens is 1. The summed E-state index contributed by atoms with van der Waals surface area (Å²) < 4.78 is 28.5. The van der Waals surface area contributed by atoms with Crippen LogP contribution in [0, 0.1) is 17.0 Å². The molecule has 1 aromatic heterocycles. The number of rotatable bonds is 4. The molecule has 0 saturated carbocycles. The normalized spacial score (nSPS) is 16.0. The highest BCUT2D eigenvalue weighted by Crippen LogP contribution is 2.29. The van der Waals surface area contributed by atoms with Crippen molar-refractivity contribution in [3.8, 4) is 0 Å². The molecular weight excluding hydrogens is 382 g/mol. The number of aryl methyl sites for hydroxylation is 2. The van der Waals surface area contributed by atoms with Gasteiger partial charge < -0.3 is 4.90 Å². The number of aromatic nitrogens is 2. The molecule has 3 rings (SSSR count). The summed E-state index contributed by atoms with van der Waals surface area (Å²) in [5, 5.41) is 14.9. The number of nitrogens with zero attached hydrogens (tertiary/aromatic N) is 5. The van der Waals surface area contributed by atoms with Crippen LogP contribution in [0.15, 0.2) is 29.2 Å². The van der Waals surface area contributed by atoms with Crippen LogP contribution in [0.2, 0.25) is 5.15 Å². The number of benzene rings is 1. The molecule has 1 aliphatic heterocycles. The average Bonchev–Trinajstić information content (AvgIpc) is 2.87. The van der Waals surface area contributed by atoms with E-state index in [0.29, 0.717) is 31.9 Å². The average molecular weight is 400 g/mol. The topological polar surface area (TPSA) is 102 Å².